The SMILES string of the molecule is O=C(O)C(Cl)(CCCOC1OC(CO)C(O)C(O)C1O)C(=O)O. The van der Waals surface area contributed by atoms with Crippen LogP contribution in [0.15, 0.2) is 0 Å². The van der Waals surface area contributed by atoms with Gasteiger partial charge in [-0.2, -0.15) is 0 Å². The zero-order valence-electron chi connectivity index (χ0n) is 11.9. The third-order valence-electron chi connectivity index (χ3n) is 3.47. The number of hydrogen-bond donors (Lipinski definition) is 6. The summed E-state index contributed by atoms with van der Waals surface area (Å²) < 4.78 is 10.2. The fourth-order valence-electron chi connectivity index (χ4n) is 2.03. The molecule has 0 aromatic rings. The smallest absolute Gasteiger partial charge is 0.336 e. The van der Waals surface area contributed by atoms with E-state index in [2.05, 4.69) is 0 Å². The van der Waals surface area contributed by atoms with Gasteiger partial charge in [-0.15, -0.1) is 0 Å². The van der Waals surface area contributed by atoms with Crippen molar-refractivity contribution in [1.82, 2.24) is 0 Å². The zero-order valence-corrected chi connectivity index (χ0v) is 12.7. The number of aliphatic hydroxyl groups excluding tert-OH is 4. The number of carboxylic acid groups (broad SMARTS) is 2. The summed E-state index contributed by atoms with van der Waals surface area (Å²) >= 11 is 5.51. The van der Waals surface area contributed by atoms with Crippen LogP contribution in [0.4, 0.5) is 0 Å². The van der Waals surface area contributed by atoms with Gasteiger partial charge in [0.2, 0.25) is 4.87 Å². The number of aliphatic carboxylic acids is 2. The Hall–Kier alpha value is -1.01. The first-order chi connectivity index (χ1) is 10.6. The molecule has 0 aliphatic carbocycles. The minimum atomic E-state index is -2.49. The largest absolute Gasteiger partial charge is 0.479 e. The van der Waals surface area contributed by atoms with Crippen molar-refractivity contribution < 1.29 is 49.7 Å². The number of hydrogen-bond acceptors (Lipinski definition) is 8. The number of rotatable bonds is 8. The molecule has 1 heterocycles. The van der Waals surface area contributed by atoms with Crippen LogP contribution in [0.5, 0.6) is 0 Å². The van der Waals surface area contributed by atoms with Crippen molar-refractivity contribution in [3.05, 3.63) is 0 Å². The van der Waals surface area contributed by atoms with Crippen LogP contribution in [0.25, 0.3) is 0 Å². The van der Waals surface area contributed by atoms with Gasteiger partial charge in [-0.1, -0.05) is 11.6 Å². The maximum atomic E-state index is 10.9. The Labute approximate surface area is 135 Å². The van der Waals surface area contributed by atoms with Crippen molar-refractivity contribution in [2.45, 2.75) is 48.4 Å². The van der Waals surface area contributed by atoms with Crippen molar-refractivity contribution in [2.24, 2.45) is 0 Å². The topological polar surface area (TPSA) is 174 Å². The van der Waals surface area contributed by atoms with E-state index in [1.165, 1.54) is 0 Å². The zero-order chi connectivity index (χ0) is 17.8. The lowest BCUT2D eigenvalue weighted by Gasteiger charge is -2.39. The van der Waals surface area contributed by atoms with Gasteiger partial charge in [0.1, 0.15) is 24.4 Å². The molecule has 5 atom stereocenters. The average Bonchev–Trinajstić information content (AvgIpc) is 2.50. The van der Waals surface area contributed by atoms with Gasteiger partial charge in [0.05, 0.1) is 6.61 Å². The Kier molecular flexibility index (Phi) is 7.14. The molecular formula is C12H19ClO10. The third-order valence-corrected chi connectivity index (χ3v) is 3.99. The van der Waals surface area contributed by atoms with Crippen LogP contribution in [0.2, 0.25) is 0 Å². The van der Waals surface area contributed by atoms with E-state index < -0.39 is 60.5 Å². The van der Waals surface area contributed by atoms with E-state index in [4.69, 9.17) is 36.4 Å². The number of alkyl halides is 1. The fourth-order valence-corrected chi connectivity index (χ4v) is 2.16. The Morgan fingerprint density at radius 2 is 1.65 bits per heavy atom. The second kappa shape index (κ2) is 8.20. The Morgan fingerprint density at radius 1 is 1.09 bits per heavy atom. The molecule has 23 heavy (non-hydrogen) atoms. The average molecular weight is 359 g/mol. The van der Waals surface area contributed by atoms with Gasteiger partial charge >= 0.3 is 11.9 Å². The van der Waals surface area contributed by atoms with Crippen molar-refractivity contribution >= 4 is 23.5 Å². The lowest BCUT2D eigenvalue weighted by Crippen LogP contribution is -2.59. The first kappa shape index (κ1) is 20.0. The van der Waals surface area contributed by atoms with Gasteiger partial charge in [-0.3, -0.25) is 0 Å². The Balaban J connectivity index is 2.52. The molecule has 0 aromatic heterocycles. The highest BCUT2D eigenvalue weighted by atomic mass is 35.5. The second-order valence-electron chi connectivity index (χ2n) is 5.08. The summed E-state index contributed by atoms with van der Waals surface area (Å²) in [4.78, 5) is 19.2. The number of ether oxygens (including phenoxy) is 2. The molecule has 1 rings (SSSR count). The molecule has 0 amide bonds. The normalized spacial score (nSPS) is 31.8. The summed E-state index contributed by atoms with van der Waals surface area (Å²) in [7, 11) is 0. The summed E-state index contributed by atoms with van der Waals surface area (Å²) in [5.74, 6) is -3.42. The highest BCUT2D eigenvalue weighted by molar-refractivity contribution is 6.44. The van der Waals surface area contributed by atoms with Crippen molar-refractivity contribution in [3.63, 3.8) is 0 Å². The van der Waals surface area contributed by atoms with E-state index in [1.807, 2.05) is 0 Å². The third kappa shape index (κ3) is 4.51. The van der Waals surface area contributed by atoms with Crippen LogP contribution in [-0.4, -0.2) is 91.4 Å². The first-order valence-electron chi connectivity index (χ1n) is 6.73. The monoisotopic (exact) mass is 358 g/mol. The van der Waals surface area contributed by atoms with Gasteiger partial charge in [0.15, 0.2) is 6.29 Å². The number of halogens is 1. The molecule has 1 aliphatic rings. The molecule has 11 heteroatoms. The van der Waals surface area contributed by atoms with Crippen LogP contribution in [0.1, 0.15) is 12.8 Å². The van der Waals surface area contributed by atoms with Crippen molar-refractivity contribution in [2.75, 3.05) is 13.2 Å². The van der Waals surface area contributed by atoms with Gasteiger partial charge in [0.25, 0.3) is 0 Å². The van der Waals surface area contributed by atoms with E-state index >= 15 is 0 Å². The standard InChI is InChI=1S/C12H19ClO10/c13-12(10(18)19,11(20)21)2-1-3-22-9-8(17)7(16)6(15)5(4-14)23-9/h5-9,14-17H,1-4H2,(H,18,19)(H,20,21). The molecule has 0 radical (unpaired) electrons. The van der Waals surface area contributed by atoms with Crippen LogP contribution in [-0.2, 0) is 19.1 Å². The Bertz CT molecular complexity index is 414. The molecule has 0 saturated carbocycles. The number of carboxylic acids is 2. The molecule has 1 saturated heterocycles. The van der Waals surface area contributed by atoms with Gasteiger partial charge in [-0.05, 0) is 12.8 Å². The number of carbonyl (C=O) groups is 2. The summed E-state index contributed by atoms with van der Waals surface area (Å²) in [5, 5.41) is 55.5. The van der Waals surface area contributed by atoms with Crippen molar-refractivity contribution in [1.29, 1.82) is 0 Å². The number of aliphatic hydroxyl groups is 4. The lowest BCUT2D eigenvalue weighted by atomic mass is 9.99. The molecule has 1 aliphatic heterocycles. The van der Waals surface area contributed by atoms with Crippen LogP contribution < -0.4 is 0 Å². The predicted molar refractivity (Wildman–Crippen MR) is 72.8 cm³/mol. The van der Waals surface area contributed by atoms with E-state index in [1.54, 1.807) is 0 Å². The van der Waals surface area contributed by atoms with Crippen LogP contribution >= 0.6 is 11.6 Å². The van der Waals surface area contributed by atoms with Crippen LogP contribution in [0, 0.1) is 0 Å². The molecule has 0 spiro atoms. The molecule has 10 nitrogen and oxygen atoms in total. The van der Waals surface area contributed by atoms with E-state index in [-0.39, 0.29) is 13.0 Å². The lowest BCUT2D eigenvalue weighted by molar-refractivity contribution is -0.301. The van der Waals surface area contributed by atoms with E-state index in [0.717, 1.165) is 0 Å². The maximum absolute atomic E-state index is 10.9. The fraction of sp³-hybridized carbons (Fsp3) is 0.833. The first-order valence-corrected chi connectivity index (χ1v) is 7.10. The minimum Gasteiger partial charge on any atom is -0.479 e. The van der Waals surface area contributed by atoms with E-state index in [0.29, 0.717) is 0 Å². The van der Waals surface area contributed by atoms with E-state index in [9.17, 15) is 24.9 Å². The maximum Gasteiger partial charge on any atom is 0.336 e. The summed E-state index contributed by atoms with van der Waals surface area (Å²) in [5.41, 5.74) is 0. The van der Waals surface area contributed by atoms with Gasteiger partial charge in [0, 0.05) is 6.61 Å². The molecular weight excluding hydrogens is 340 g/mol. The summed E-state index contributed by atoms with van der Waals surface area (Å²) in [6, 6.07) is 0. The summed E-state index contributed by atoms with van der Waals surface area (Å²) in [6.07, 6.45) is -7.75. The van der Waals surface area contributed by atoms with Crippen LogP contribution in [0.3, 0.4) is 0 Å². The second-order valence-corrected chi connectivity index (χ2v) is 5.73. The molecule has 1 fully saturated rings. The van der Waals surface area contributed by atoms with Gasteiger partial charge in [-0.25, -0.2) is 9.59 Å². The molecule has 6 N–H and O–H groups in total. The predicted octanol–water partition coefficient (Wildman–Crippen LogP) is -2.27. The molecule has 0 aromatic carbocycles. The highest BCUT2D eigenvalue weighted by Gasteiger charge is 2.45. The van der Waals surface area contributed by atoms with Gasteiger partial charge < -0.3 is 40.1 Å². The molecule has 0 bridgehead atoms. The van der Waals surface area contributed by atoms with Crippen molar-refractivity contribution in [3.8, 4) is 0 Å². The molecule has 5 unspecified atom stereocenters. The summed E-state index contributed by atoms with van der Waals surface area (Å²) in [6.45, 7) is -0.842. The highest BCUT2D eigenvalue weighted by Crippen LogP contribution is 2.25. The molecule has 134 valence electrons. The Morgan fingerprint density at radius 3 is 2.13 bits per heavy atom. The quantitative estimate of drug-likeness (QED) is 0.158. The minimum absolute atomic E-state index is 0.0862.